The molecule has 0 fully saturated rings. The first-order valence-corrected chi connectivity index (χ1v) is 6.50. The van der Waals surface area contributed by atoms with E-state index in [1.807, 2.05) is 0 Å². The summed E-state index contributed by atoms with van der Waals surface area (Å²) in [4.78, 5) is 0. The van der Waals surface area contributed by atoms with Crippen LogP contribution in [0.5, 0.6) is 0 Å². The second kappa shape index (κ2) is 5.46. The van der Waals surface area contributed by atoms with Gasteiger partial charge >= 0.3 is 5.82 Å². The number of hydrogen-bond donors (Lipinski definition) is 0. The highest BCUT2D eigenvalue weighted by Crippen LogP contribution is 2.19. The Balaban J connectivity index is 1.99. The maximum Gasteiger partial charge on any atom is 0.360 e. The first-order chi connectivity index (χ1) is 10.1. The van der Waals surface area contributed by atoms with Gasteiger partial charge in [0.15, 0.2) is 5.69 Å². The van der Waals surface area contributed by atoms with Gasteiger partial charge in [-0.3, -0.25) is 0 Å². The van der Waals surface area contributed by atoms with Crippen molar-refractivity contribution < 1.29 is 9.12 Å². The van der Waals surface area contributed by atoms with Crippen LogP contribution in [0.2, 0.25) is 5.02 Å². The predicted molar refractivity (Wildman–Crippen MR) is 76.8 cm³/mol. The lowest BCUT2D eigenvalue weighted by Gasteiger charge is -2.06. The van der Waals surface area contributed by atoms with E-state index in [0.717, 1.165) is 0 Å². The predicted octanol–water partition coefficient (Wildman–Crippen LogP) is 3.24. The maximum atomic E-state index is 12.9. The molecule has 3 aromatic rings. The molecule has 0 saturated carbocycles. The highest BCUT2D eigenvalue weighted by atomic mass is 35.5. The van der Waals surface area contributed by atoms with Gasteiger partial charge in [-0.1, -0.05) is 11.6 Å². The Labute approximate surface area is 125 Å². The Bertz CT molecular complexity index is 776. The van der Waals surface area contributed by atoms with E-state index in [4.69, 9.17) is 11.6 Å². The van der Waals surface area contributed by atoms with Crippen molar-refractivity contribution >= 4 is 11.6 Å². The third-order valence-corrected chi connectivity index (χ3v) is 3.20. The Morgan fingerprint density at radius 3 is 2.14 bits per heavy atom. The molecule has 0 radical (unpaired) electrons. The van der Waals surface area contributed by atoms with Gasteiger partial charge in [0, 0.05) is 10.6 Å². The summed E-state index contributed by atoms with van der Waals surface area (Å²) in [6, 6.07) is 12.4. The van der Waals surface area contributed by atoms with Crippen molar-refractivity contribution in [1.29, 1.82) is 0 Å². The summed E-state index contributed by atoms with van der Waals surface area (Å²) in [6.45, 7) is 0. The summed E-state index contributed by atoms with van der Waals surface area (Å²) in [5.74, 6) is -0.169. The number of rotatable bonds is 2. The highest BCUT2D eigenvalue weighted by molar-refractivity contribution is 6.30. The van der Waals surface area contributed by atoms with E-state index in [9.17, 15) is 9.60 Å². The van der Waals surface area contributed by atoms with E-state index < -0.39 is 0 Å². The second-order valence-electron chi connectivity index (χ2n) is 4.38. The zero-order chi connectivity index (χ0) is 14.8. The van der Waals surface area contributed by atoms with Gasteiger partial charge < -0.3 is 5.21 Å². The minimum Gasteiger partial charge on any atom is -0.710 e. The molecular weight excluding hydrogens is 293 g/mol. The molecule has 0 N–H and O–H groups in total. The summed E-state index contributed by atoms with van der Waals surface area (Å²) in [6.07, 6.45) is 1.31. The number of halogens is 2. The third-order valence-electron chi connectivity index (χ3n) is 2.94. The fraction of sp³-hybridized carbons (Fsp3) is 0. The van der Waals surface area contributed by atoms with Crippen molar-refractivity contribution in [3.05, 3.63) is 70.8 Å². The van der Waals surface area contributed by atoms with E-state index in [-0.39, 0.29) is 11.6 Å². The highest BCUT2D eigenvalue weighted by Gasteiger charge is 2.14. The van der Waals surface area contributed by atoms with E-state index in [0.29, 0.717) is 26.6 Å². The Hall–Kier alpha value is -2.53. The first kappa shape index (κ1) is 13.5. The van der Waals surface area contributed by atoms with Crippen LogP contribution >= 0.6 is 11.6 Å². The van der Waals surface area contributed by atoms with E-state index in [2.05, 4.69) is 10.2 Å². The standard InChI is InChI=1S/C15H9ClFN3O/c16-12-5-1-11(2-6-12)15-19-18-14(9-20(15)21)10-3-7-13(17)8-4-10/h1-9H. The molecule has 0 aliphatic carbocycles. The average Bonchev–Trinajstić information content (AvgIpc) is 2.49. The van der Waals surface area contributed by atoms with Crippen LogP contribution in [0.1, 0.15) is 0 Å². The lowest BCUT2D eigenvalue weighted by Crippen LogP contribution is -2.31. The van der Waals surface area contributed by atoms with Crippen molar-refractivity contribution in [1.82, 2.24) is 10.2 Å². The summed E-state index contributed by atoms with van der Waals surface area (Å²) in [5.41, 5.74) is 1.62. The Morgan fingerprint density at radius 2 is 1.52 bits per heavy atom. The van der Waals surface area contributed by atoms with Crippen molar-refractivity contribution in [3.63, 3.8) is 0 Å². The average molecular weight is 302 g/mol. The van der Waals surface area contributed by atoms with Crippen molar-refractivity contribution in [2.75, 3.05) is 0 Å². The van der Waals surface area contributed by atoms with Gasteiger partial charge in [0.05, 0.1) is 10.7 Å². The monoisotopic (exact) mass is 301 g/mol. The maximum absolute atomic E-state index is 12.9. The van der Waals surface area contributed by atoms with Crippen LogP contribution in [0.15, 0.2) is 54.7 Å². The van der Waals surface area contributed by atoms with Crippen molar-refractivity contribution in [3.8, 4) is 22.6 Å². The molecule has 4 nitrogen and oxygen atoms in total. The van der Waals surface area contributed by atoms with Crippen molar-refractivity contribution in [2.45, 2.75) is 0 Å². The lowest BCUT2D eigenvalue weighted by atomic mass is 10.1. The van der Waals surface area contributed by atoms with Gasteiger partial charge in [-0.15, -0.1) is 0 Å². The number of benzene rings is 2. The molecule has 0 atom stereocenters. The normalized spacial score (nSPS) is 10.6. The molecule has 0 bridgehead atoms. The fourth-order valence-corrected chi connectivity index (χ4v) is 2.01. The molecule has 1 heterocycles. The van der Waals surface area contributed by atoms with Gasteiger partial charge in [-0.25, -0.2) is 9.12 Å². The number of hydrogen-bond acceptors (Lipinski definition) is 3. The molecule has 1 aromatic heterocycles. The molecule has 0 unspecified atom stereocenters. The first-order valence-electron chi connectivity index (χ1n) is 6.12. The molecule has 0 saturated heterocycles. The summed E-state index contributed by atoms with van der Waals surface area (Å²) in [7, 11) is 0. The Kier molecular flexibility index (Phi) is 3.50. The second-order valence-corrected chi connectivity index (χ2v) is 4.81. The molecule has 0 aliphatic rings. The van der Waals surface area contributed by atoms with Gasteiger partial charge in [0.1, 0.15) is 12.0 Å². The summed E-state index contributed by atoms with van der Waals surface area (Å²) >= 11 is 5.81. The number of aromatic nitrogens is 3. The Morgan fingerprint density at radius 1 is 0.905 bits per heavy atom. The summed E-state index contributed by atoms with van der Waals surface area (Å²) < 4.78 is 13.5. The van der Waals surface area contributed by atoms with Crippen molar-refractivity contribution in [2.24, 2.45) is 0 Å². The quantitative estimate of drug-likeness (QED) is 0.539. The SMILES string of the molecule is [O-][n+]1cc(-c2ccc(F)cc2)nnc1-c1ccc(Cl)cc1. The molecule has 0 aliphatic heterocycles. The molecule has 21 heavy (non-hydrogen) atoms. The molecule has 3 rings (SSSR count). The molecular formula is C15H9ClFN3O. The minimum atomic E-state index is -0.348. The van der Waals surface area contributed by atoms with Crippen LogP contribution in [-0.2, 0) is 0 Å². The van der Waals surface area contributed by atoms with E-state index in [1.165, 1.54) is 18.3 Å². The van der Waals surface area contributed by atoms with Crippen LogP contribution in [0, 0.1) is 11.0 Å². The van der Waals surface area contributed by atoms with Gasteiger partial charge in [0.25, 0.3) is 0 Å². The number of nitrogens with zero attached hydrogens (tertiary/aromatic N) is 3. The van der Waals surface area contributed by atoms with Gasteiger partial charge in [-0.2, -0.15) is 0 Å². The zero-order valence-corrected chi connectivity index (χ0v) is 11.5. The van der Waals surface area contributed by atoms with Gasteiger partial charge in [0.2, 0.25) is 0 Å². The van der Waals surface area contributed by atoms with E-state index >= 15 is 0 Å². The zero-order valence-electron chi connectivity index (χ0n) is 10.7. The molecule has 0 amide bonds. The molecule has 2 aromatic carbocycles. The smallest absolute Gasteiger partial charge is 0.360 e. The molecule has 104 valence electrons. The largest absolute Gasteiger partial charge is 0.710 e. The molecule has 6 heteroatoms. The van der Waals surface area contributed by atoms with Crippen LogP contribution in [0.25, 0.3) is 22.6 Å². The topological polar surface area (TPSA) is 52.7 Å². The van der Waals surface area contributed by atoms with Crippen LogP contribution in [0.4, 0.5) is 4.39 Å². The fourth-order valence-electron chi connectivity index (χ4n) is 1.88. The van der Waals surface area contributed by atoms with Gasteiger partial charge in [-0.05, 0) is 53.6 Å². The summed E-state index contributed by atoms with van der Waals surface area (Å²) in [5, 5.41) is 20.6. The minimum absolute atomic E-state index is 0.178. The van der Waals surface area contributed by atoms with Crippen LogP contribution in [-0.4, -0.2) is 10.2 Å². The lowest BCUT2D eigenvalue weighted by molar-refractivity contribution is -0.596. The van der Waals surface area contributed by atoms with E-state index in [1.54, 1.807) is 36.4 Å². The van der Waals surface area contributed by atoms with Crippen LogP contribution in [0.3, 0.4) is 0 Å². The van der Waals surface area contributed by atoms with Crippen LogP contribution < -0.4 is 4.73 Å². The molecule has 0 spiro atoms. The third kappa shape index (κ3) is 2.83.